The number of hydrogen-bond donors (Lipinski definition) is 2. The maximum Gasteiger partial charge on any atom is 0.360 e. The molecule has 2 atom stereocenters. The first-order chi connectivity index (χ1) is 18.6. The molecule has 13 heteroatoms. The van der Waals surface area contributed by atoms with Gasteiger partial charge in [-0.2, -0.15) is 0 Å². The lowest BCUT2D eigenvalue weighted by Crippen LogP contribution is -2.32. The number of nitrogens with one attached hydrogen (secondary N) is 2. The van der Waals surface area contributed by atoms with Crippen LogP contribution >= 0.6 is 11.3 Å². The van der Waals surface area contributed by atoms with E-state index < -0.39 is 35.7 Å². The second-order valence-corrected chi connectivity index (χ2v) is 9.82. The molecule has 0 saturated heterocycles. The summed E-state index contributed by atoms with van der Waals surface area (Å²) < 4.78 is 29.7. The lowest BCUT2D eigenvalue weighted by molar-refractivity contribution is 0.0593. The van der Waals surface area contributed by atoms with Crippen LogP contribution in [0.4, 0.5) is 4.39 Å². The van der Waals surface area contributed by atoms with Crippen LogP contribution in [0.25, 0.3) is 11.6 Å². The van der Waals surface area contributed by atoms with E-state index in [9.17, 15) is 18.8 Å². The van der Waals surface area contributed by atoms with Gasteiger partial charge in [0.1, 0.15) is 34.6 Å². The summed E-state index contributed by atoms with van der Waals surface area (Å²) in [5.41, 5.74) is 0.350. The Bertz CT molecular complexity index is 1510. The quantitative estimate of drug-likeness (QED) is 0.282. The Morgan fingerprint density at radius 2 is 1.79 bits per heavy atom. The highest BCUT2D eigenvalue weighted by molar-refractivity contribution is 7.10. The molecule has 204 valence electrons. The smallest absolute Gasteiger partial charge is 0.360 e. The molecule has 0 fully saturated rings. The summed E-state index contributed by atoms with van der Waals surface area (Å²) in [5, 5.41) is 7.83. The molecule has 4 aromatic rings. The van der Waals surface area contributed by atoms with E-state index in [-0.39, 0.29) is 40.4 Å². The highest BCUT2D eigenvalue weighted by Gasteiger charge is 2.27. The molecule has 0 spiro atoms. The molecule has 0 aliphatic rings. The molecule has 1 aromatic carbocycles. The van der Waals surface area contributed by atoms with Gasteiger partial charge in [0.15, 0.2) is 11.4 Å². The average molecular weight is 556 g/mol. The number of benzene rings is 1. The van der Waals surface area contributed by atoms with Gasteiger partial charge in [-0.25, -0.2) is 24.1 Å². The maximum absolute atomic E-state index is 14.1. The zero-order valence-electron chi connectivity index (χ0n) is 21.8. The van der Waals surface area contributed by atoms with Crippen LogP contribution in [0.15, 0.2) is 44.7 Å². The fraction of sp³-hybridized carbons (Fsp3) is 0.308. The van der Waals surface area contributed by atoms with Gasteiger partial charge in [0.2, 0.25) is 11.8 Å². The summed E-state index contributed by atoms with van der Waals surface area (Å²) in [6.45, 7) is 7.05. The Labute approximate surface area is 226 Å². The van der Waals surface area contributed by atoms with Crippen LogP contribution in [-0.2, 0) is 4.74 Å². The third-order valence-corrected chi connectivity index (χ3v) is 6.65. The normalized spacial score (nSPS) is 12.7. The average Bonchev–Trinajstić information content (AvgIpc) is 3.66. The van der Waals surface area contributed by atoms with E-state index in [0.717, 1.165) is 6.26 Å². The van der Waals surface area contributed by atoms with Gasteiger partial charge in [0, 0.05) is 5.38 Å². The number of esters is 1. The van der Waals surface area contributed by atoms with E-state index in [0.29, 0.717) is 10.7 Å². The molecular weight excluding hydrogens is 529 g/mol. The van der Waals surface area contributed by atoms with Crippen molar-refractivity contribution in [2.45, 2.75) is 39.8 Å². The van der Waals surface area contributed by atoms with Crippen LogP contribution in [0.3, 0.4) is 0 Å². The number of carbonyl (C=O) groups is 3. The molecule has 4 rings (SSSR count). The van der Waals surface area contributed by atoms with Crippen molar-refractivity contribution in [3.05, 3.63) is 75.3 Å². The van der Waals surface area contributed by atoms with Crippen molar-refractivity contribution in [3.8, 4) is 11.6 Å². The Morgan fingerprint density at radius 3 is 2.49 bits per heavy atom. The Morgan fingerprint density at radius 1 is 1.05 bits per heavy atom. The zero-order valence-corrected chi connectivity index (χ0v) is 22.6. The minimum atomic E-state index is -0.675. The number of thiazole rings is 1. The monoisotopic (exact) mass is 555 g/mol. The van der Waals surface area contributed by atoms with Crippen molar-refractivity contribution in [3.63, 3.8) is 0 Å². The van der Waals surface area contributed by atoms with Crippen molar-refractivity contribution in [1.29, 1.82) is 0 Å². The van der Waals surface area contributed by atoms with Crippen LogP contribution in [-0.4, -0.2) is 39.8 Å². The number of oxazole rings is 2. The first kappa shape index (κ1) is 27.6. The number of hydrogen-bond acceptors (Lipinski definition) is 10. The molecule has 0 bridgehead atoms. The van der Waals surface area contributed by atoms with Gasteiger partial charge in [0.25, 0.3) is 11.8 Å². The molecular formula is C26H26FN5O6S. The maximum atomic E-state index is 14.1. The highest BCUT2D eigenvalue weighted by Crippen LogP contribution is 2.30. The molecule has 0 saturated carbocycles. The van der Waals surface area contributed by atoms with Crippen LogP contribution < -0.4 is 10.6 Å². The summed E-state index contributed by atoms with van der Waals surface area (Å²) in [7, 11) is 1.23. The number of amides is 2. The lowest BCUT2D eigenvalue weighted by atomic mass is 10.0. The number of ether oxygens (including phenoxy) is 1. The van der Waals surface area contributed by atoms with Gasteiger partial charge in [-0.3, -0.25) is 9.59 Å². The summed E-state index contributed by atoms with van der Waals surface area (Å²) in [6, 6.07) is 4.58. The number of carbonyl (C=O) groups excluding carboxylic acids is 3. The molecule has 0 aliphatic heterocycles. The second-order valence-electron chi connectivity index (χ2n) is 8.93. The topological polar surface area (TPSA) is 149 Å². The van der Waals surface area contributed by atoms with Crippen molar-refractivity contribution in [1.82, 2.24) is 25.6 Å². The van der Waals surface area contributed by atoms with Gasteiger partial charge in [-0.1, -0.05) is 26.0 Å². The van der Waals surface area contributed by atoms with E-state index in [4.69, 9.17) is 8.83 Å². The van der Waals surface area contributed by atoms with Crippen LogP contribution in [0.5, 0.6) is 0 Å². The Balaban J connectivity index is 1.49. The molecule has 39 heavy (non-hydrogen) atoms. The van der Waals surface area contributed by atoms with E-state index in [1.54, 1.807) is 25.3 Å². The Hall–Kier alpha value is -4.39. The number of nitrogens with zero attached hydrogens (tertiary/aromatic N) is 3. The summed E-state index contributed by atoms with van der Waals surface area (Å²) in [4.78, 5) is 50.1. The highest BCUT2D eigenvalue weighted by atomic mass is 32.1. The molecule has 0 radical (unpaired) electrons. The molecule has 0 aliphatic carbocycles. The molecule has 2 amide bonds. The molecule has 3 aromatic heterocycles. The fourth-order valence-electron chi connectivity index (χ4n) is 3.63. The van der Waals surface area contributed by atoms with Crippen molar-refractivity contribution in [2.75, 3.05) is 7.11 Å². The number of aromatic nitrogens is 3. The standard InChI is InChI=1S/C26H26FN5O6S/c1-12(2)19(31-21(33)15-8-6-7-9-16(15)27)25-30-18(11-39-25)24-32-20(14(4)38-24)22(34)28-13(3)23-29-17(10-37-23)26(35)36-5/h6-13,19H,1-5H3,(H,28,34)(H,31,33)/t13-,19-/m0/s1. The largest absolute Gasteiger partial charge is 0.464 e. The number of rotatable bonds is 9. The van der Waals surface area contributed by atoms with Gasteiger partial charge in [-0.15, -0.1) is 11.3 Å². The fourth-order valence-corrected chi connectivity index (χ4v) is 4.65. The third-order valence-electron chi connectivity index (χ3n) is 5.73. The summed E-state index contributed by atoms with van der Waals surface area (Å²) in [6.07, 6.45) is 1.15. The van der Waals surface area contributed by atoms with E-state index in [1.807, 2.05) is 13.8 Å². The van der Waals surface area contributed by atoms with Crippen molar-refractivity contribution >= 4 is 29.1 Å². The van der Waals surface area contributed by atoms with Gasteiger partial charge >= 0.3 is 5.97 Å². The Kier molecular flexibility index (Phi) is 8.19. The number of aryl methyl sites for hydroxylation is 1. The van der Waals surface area contributed by atoms with E-state index in [1.165, 1.54) is 36.6 Å². The minimum Gasteiger partial charge on any atom is -0.464 e. The molecule has 2 N–H and O–H groups in total. The van der Waals surface area contributed by atoms with E-state index >= 15 is 0 Å². The van der Waals surface area contributed by atoms with Crippen LogP contribution in [0, 0.1) is 18.7 Å². The van der Waals surface area contributed by atoms with Crippen molar-refractivity contribution < 1.29 is 32.3 Å². The predicted octanol–water partition coefficient (Wildman–Crippen LogP) is 4.64. The molecule has 0 unspecified atom stereocenters. The summed E-state index contributed by atoms with van der Waals surface area (Å²) in [5.74, 6) is -1.90. The molecule has 11 nitrogen and oxygen atoms in total. The van der Waals surface area contributed by atoms with Crippen LogP contribution in [0.1, 0.15) is 80.8 Å². The number of halogens is 1. The predicted molar refractivity (Wildman–Crippen MR) is 138 cm³/mol. The minimum absolute atomic E-state index is 0.0161. The molecule has 3 heterocycles. The third kappa shape index (κ3) is 6.03. The van der Waals surface area contributed by atoms with E-state index in [2.05, 4.69) is 30.3 Å². The first-order valence-corrected chi connectivity index (χ1v) is 12.8. The van der Waals surface area contributed by atoms with Crippen molar-refractivity contribution in [2.24, 2.45) is 5.92 Å². The SMILES string of the molecule is COC(=O)c1coc([C@H](C)NC(=O)c2nc(-c3csc([C@@H](NC(=O)c4ccccc4F)C(C)C)n3)oc2C)n1. The lowest BCUT2D eigenvalue weighted by Gasteiger charge is -2.20. The van der Waals surface area contributed by atoms with Gasteiger partial charge in [0.05, 0.1) is 18.7 Å². The zero-order chi connectivity index (χ0) is 28.3. The second kappa shape index (κ2) is 11.6. The van der Waals surface area contributed by atoms with Gasteiger partial charge < -0.3 is 24.2 Å². The summed E-state index contributed by atoms with van der Waals surface area (Å²) >= 11 is 1.28. The first-order valence-electron chi connectivity index (χ1n) is 11.9. The number of methoxy groups -OCH3 is 1. The van der Waals surface area contributed by atoms with Crippen LogP contribution in [0.2, 0.25) is 0 Å². The van der Waals surface area contributed by atoms with Gasteiger partial charge in [-0.05, 0) is 31.9 Å².